The molecule has 0 heterocycles. The van der Waals surface area contributed by atoms with Crippen molar-refractivity contribution < 1.29 is 13.3 Å². The highest BCUT2D eigenvalue weighted by molar-refractivity contribution is 7.89. The van der Waals surface area contributed by atoms with Gasteiger partial charge in [-0.2, -0.15) is 0 Å². The van der Waals surface area contributed by atoms with Gasteiger partial charge in [0.1, 0.15) is 5.69 Å². The lowest BCUT2D eigenvalue weighted by molar-refractivity contribution is -0.384. The molecule has 0 saturated carbocycles. The van der Waals surface area contributed by atoms with Gasteiger partial charge in [0.05, 0.1) is 9.82 Å². The Morgan fingerprint density at radius 3 is 2.15 bits per heavy atom. The summed E-state index contributed by atoms with van der Waals surface area (Å²) in [5.74, 6) is 0. The molecule has 0 radical (unpaired) electrons. The molecule has 0 aromatic heterocycles. The molecule has 0 aliphatic heterocycles. The van der Waals surface area contributed by atoms with Gasteiger partial charge in [0.2, 0.25) is 10.0 Å². The molecule has 1 aromatic carbocycles. The van der Waals surface area contributed by atoms with Crippen LogP contribution in [-0.2, 0) is 10.0 Å². The Labute approximate surface area is 162 Å². The second-order valence-corrected chi connectivity index (χ2v) is 9.83. The van der Waals surface area contributed by atoms with Gasteiger partial charge in [-0.05, 0) is 60.6 Å². The van der Waals surface area contributed by atoms with Crippen molar-refractivity contribution in [2.45, 2.75) is 71.0 Å². The number of nitrogens with one attached hydrogen (secondary N) is 2. The Morgan fingerprint density at radius 1 is 1.15 bits per heavy atom. The normalized spacial score (nSPS) is 12.8. The quantitative estimate of drug-likeness (QED) is 0.487. The summed E-state index contributed by atoms with van der Waals surface area (Å²) < 4.78 is 27.4. The Morgan fingerprint density at radius 2 is 1.70 bits per heavy atom. The van der Waals surface area contributed by atoms with Gasteiger partial charge in [-0.1, -0.05) is 0 Å². The monoisotopic (exact) mass is 400 g/mol. The molecule has 0 saturated heterocycles. The van der Waals surface area contributed by atoms with E-state index in [0.29, 0.717) is 24.3 Å². The largest absolute Gasteiger partial charge is 0.378 e. The molecular weight excluding hydrogens is 368 g/mol. The van der Waals surface area contributed by atoms with Crippen molar-refractivity contribution in [3.05, 3.63) is 28.3 Å². The summed E-state index contributed by atoms with van der Waals surface area (Å²) in [6, 6.07) is 4.64. The van der Waals surface area contributed by atoms with Gasteiger partial charge >= 0.3 is 0 Å². The molecule has 0 fully saturated rings. The first-order valence-corrected chi connectivity index (χ1v) is 10.5. The average Bonchev–Trinajstić information content (AvgIpc) is 2.48. The van der Waals surface area contributed by atoms with Crippen LogP contribution in [0.15, 0.2) is 23.1 Å². The molecule has 1 rings (SSSR count). The summed E-state index contributed by atoms with van der Waals surface area (Å²) in [6.07, 6.45) is 0. The summed E-state index contributed by atoms with van der Waals surface area (Å²) in [5.41, 5.74) is -0.628. The number of rotatable bonds is 9. The molecule has 0 atom stereocenters. The summed E-state index contributed by atoms with van der Waals surface area (Å²) in [7, 11) is -3.84. The molecule has 0 aliphatic carbocycles. The minimum atomic E-state index is -3.84. The van der Waals surface area contributed by atoms with E-state index in [1.54, 1.807) is 20.8 Å². The third kappa shape index (κ3) is 7.08. The van der Waals surface area contributed by atoms with Crippen LogP contribution in [0.5, 0.6) is 0 Å². The predicted octanol–water partition coefficient (Wildman–Crippen LogP) is 3.20. The number of nitrogens with zero attached hydrogens (tertiary/aromatic N) is 2. The third-order valence-electron chi connectivity index (χ3n) is 3.93. The molecule has 154 valence electrons. The van der Waals surface area contributed by atoms with E-state index in [4.69, 9.17) is 0 Å². The van der Waals surface area contributed by atoms with Gasteiger partial charge in [-0.15, -0.1) is 0 Å². The molecular formula is C18H32N4O4S. The molecule has 2 N–H and O–H groups in total. The Kier molecular flexibility index (Phi) is 7.76. The van der Waals surface area contributed by atoms with Crippen LogP contribution >= 0.6 is 0 Å². The zero-order valence-corrected chi connectivity index (χ0v) is 18.1. The van der Waals surface area contributed by atoms with Gasteiger partial charge in [-0.25, -0.2) is 13.1 Å². The Hall–Kier alpha value is -1.71. The zero-order chi connectivity index (χ0) is 21.0. The van der Waals surface area contributed by atoms with Crippen molar-refractivity contribution in [1.29, 1.82) is 0 Å². The van der Waals surface area contributed by atoms with Crippen LogP contribution in [0.1, 0.15) is 48.5 Å². The molecule has 0 aliphatic rings. The Bertz CT molecular complexity index is 747. The molecule has 0 spiro atoms. The van der Waals surface area contributed by atoms with Crippen molar-refractivity contribution >= 4 is 21.4 Å². The average molecular weight is 401 g/mol. The summed E-state index contributed by atoms with van der Waals surface area (Å²) in [5, 5.41) is 14.5. The minimum absolute atomic E-state index is 0.124. The number of nitro groups is 1. The van der Waals surface area contributed by atoms with Crippen molar-refractivity contribution in [2.75, 3.05) is 18.4 Å². The fourth-order valence-corrected chi connectivity index (χ4v) is 4.31. The lowest BCUT2D eigenvalue weighted by Crippen LogP contribution is -2.40. The highest BCUT2D eigenvalue weighted by Crippen LogP contribution is 2.28. The van der Waals surface area contributed by atoms with Gasteiger partial charge in [0, 0.05) is 36.8 Å². The van der Waals surface area contributed by atoms with E-state index < -0.39 is 20.5 Å². The van der Waals surface area contributed by atoms with Crippen molar-refractivity contribution in [3.63, 3.8) is 0 Å². The van der Waals surface area contributed by atoms with Crippen LogP contribution in [0.3, 0.4) is 0 Å². The lowest BCUT2D eigenvalue weighted by Gasteiger charge is -2.30. The van der Waals surface area contributed by atoms with Gasteiger partial charge in [0.15, 0.2) is 0 Å². The minimum Gasteiger partial charge on any atom is -0.378 e. The van der Waals surface area contributed by atoms with Crippen LogP contribution in [0, 0.1) is 10.1 Å². The molecule has 0 bridgehead atoms. The molecule has 0 amide bonds. The molecule has 0 unspecified atom stereocenters. The smallest absolute Gasteiger partial charge is 0.293 e. The molecule has 8 nitrogen and oxygen atoms in total. The fraction of sp³-hybridized carbons (Fsp3) is 0.667. The highest BCUT2D eigenvalue weighted by atomic mass is 32.2. The lowest BCUT2D eigenvalue weighted by atomic mass is 10.1. The van der Waals surface area contributed by atoms with E-state index >= 15 is 0 Å². The first-order chi connectivity index (χ1) is 12.2. The van der Waals surface area contributed by atoms with E-state index in [9.17, 15) is 18.5 Å². The van der Waals surface area contributed by atoms with Crippen molar-refractivity contribution in [2.24, 2.45) is 0 Å². The van der Waals surface area contributed by atoms with E-state index in [0.717, 1.165) is 12.6 Å². The number of anilines is 1. The predicted molar refractivity (Wildman–Crippen MR) is 109 cm³/mol. The molecule has 9 heteroatoms. The van der Waals surface area contributed by atoms with Gasteiger partial charge in [-0.3, -0.25) is 15.0 Å². The van der Waals surface area contributed by atoms with E-state index in [2.05, 4.69) is 42.6 Å². The zero-order valence-electron chi connectivity index (χ0n) is 17.2. The maximum Gasteiger partial charge on any atom is 0.293 e. The van der Waals surface area contributed by atoms with Gasteiger partial charge < -0.3 is 5.32 Å². The fourth-order valence-electron chi connectivity index (χ4n) is 2.87. The van der Waals surface area contributed by atoms with Crippen LogP contribution in [0.2, 0.25) is 0 Å². The second kappa shape index (κ2) is 8.99. The summed E-state index contributed by atoms with van der Waals surface area (Å²) in [6.45, 7) is 14.8. The maximum atomic E-state index is 12.4. The van der Waals surface area contributed by atoms with Crippen LogP contribution in [-0.4, -0.2) is 49.0 Å². The van der Waals surface area contributed by atoms with Crippen LogP contribution in [0.4, 0.5) is 11.4 Å². The van der Waals surface area contributed by atoms with E-state index in [-0.39, 0.29) is 10.6 Å². The topological polar surface area (TPSA) is 105 Å². The number of nitro benzene ring substituents is 1. The summed E-state index contributed by atoms with van der Waals surface area (Å²) >= 11 is 0. The van der Waals surface area contributed by atoms with E-state index in [1.165, 1.54) is 12.1 Å². The highest BCUT2D eigenvalue weighted by Gasteiger charge is 2.25. The van der Waals surface area contributed by atoms with Crippen LogP contribution < -0.4 is 10.0 Å². The van der Waals surface area contributed by atoms with E-state index in [1.807, 2.05) is 0 Å². The van der Waals surface area contributed by atoms with Crippen molar-refractivity contribution in [1.82, 2.24) is 9.62 Å². The second-order valence-electron chi connectivity index (χ2n) is 8.14. The summed E-state index contributed by atoms with van der Waals surface area (Å²) in [4.78, 5) is 13.0. The van der Waals surface area contributed by atoms with Gasteiger partial charge in [0.25, 0.3) is 5.69 Å². The first kappa shape index (κ1) is 23.3. The SMILES string of the molecule is CC(C)N(CCNc1ccc(S(=O)(=O)NC(C)(C)C)cc1[N+](=O)[O-])C(C)C. The molecule has 1 aromatic rings. The number of sulfonamides is 1. The Balaban J connectivity index is 3.02. The van der Waals surface area contributed by atoms with Crippen LogP contribution in [0.25, 0.3) is 0 Å². The number of hydrogen-bond donors (Lipinski definition) is 2. The molecule has 27 heavy (non-hydrogen) atoms. The van der Waals surface area contributed by atoms with Crippen molar-refractivity contribution in [3.8, 4) is 0 Å². The maximum absolute atomic E-state index is 12.4. The standard InChI is InChI=1S/C18H32N4O4S/c1-13(2)21(14(3)4)11-10-19-16-9-8-15(12-17(16)22(23)24)27(25,26)20-18(5,6)7/h8-9,12-14,19-20H,10-11H2,1-7H3. The third-order valence-corrected chi connectivity index (χ3v) is 5.68. The first-order valence-electron chi connectivity index (χ1n) is 9.06. The number of benzene rings is 1. The number of hydrogen-bond acceptors (Lipinski definition) is 6.